The van der Waals surface area contributed by atoms with Gasteiger partial charge < -0.3 is 4.74 Å². The average molecular weight is 226 g/mol. The molecule has 0 radical (unpaired) electrons. The van der Waals surface area contributed by atoms with Crippen molar-refractivity contribution in [2.45, 2.75) is 13.8 Å². The fraction of sp³-hybridized carbons (Fsp3) is 0.133. The maximum absolute atomic E-state index is 11.2. The molecule has 17 heavy (non-hydrogen) atoms. The van der Waals surface area contributed by atoms with E-state index in [0.717, 1.165) is 17.1 Å². The van der Waals surface area contributed by atoms with Gasteiger partial charge in [-0.3, -0.25) is 4.79 Å². The number of aryl methyl sites for hydroxylation is 1. The lowest BCUT2D eigenvalue weighted by atomic mass is 10.1. The van der Waals surface area contributed by atoms with Gasteiger partial charge in [0, 0.05) is 5.56 Å². The Balaban J connectivity index is 2.26. The fourth-order valence-electron chi connectivity index (χ4n) is 1.60. The molecule has 0 unspecified atom stereocenters. The van der Waals surface area contributed by atoms with E-state index in [1.807, 2.05) is 49.4 Å². The Morgan fingerprint density at radius 3 is 2.35 bits per heavy atom. The summed E-state index contributed by atoms with van der Waals surface area (Å²) in [6.45, 7) is 3.50. The Morgan fingerprint density at radius 1 is 1.06 bits per heavy atom. The summed E-state index contributed by atoms with van der Waals surface area (Å²) < 4.78 is 5.73. The quantitative estimate of drug-likeness (QED) is 0.740. The van der Waals surface area contributed by atoms with Crippen LogP contribution < -0.4 is 4.74 Å². The molecule has 86 valence electrons. The summed E-state index contributed by atoms with van der Waals surface area (Å²) in [5, 5.41) is 0. The van der Waals surface area contributed by atoms with Crippen LogP contribution >= 0.6 is 0 Å². The van der Waals surface area contributed by atoms with Crippen LogP contribution in [0.2, 0.25) is 0 Å². The van der Waals surface area contributed by atoms with E-state index in [2.05, 4.69) is 0 Å². The molecule has 0 aliphatic carbocycles. The highest BCUT2D eigenvalue weighted by atomic mass is 16.5. The van der Waals surface area contributed by atoms with Crippen LogP contribution in [-0.2, 0) is 0 Å². The number of hydrogen-bond donors (Lipinski definition) is 0. The first-order valence-corrected chi connectivity index (χ1v) is 5.51. The molecule has 0 spiro atoms. The van der Waals surface area contributed by atoms with Gasteiger partial charge in [0.1, 0.15) is 11.5 Å². The second kappa shape index (κ2) is 4.83. The van der Waals surface area contributed by atoms with Gasteiger partial charge in [-0.05, 0) is 49.7 Å². The van der Waals surface area contributed by atoms with Gasteiger partial charge in [0.05, 0.1) is 0 Å². The minimum Gasteiger partial charge on any atom is -0.457 e. The van der Waals surface area contributed by atoms with Gasteiger partial charge >= 0.3 is 0 Å². The van der Waals surface area contributed by atoms with Gasteiger partial charge in [0.15, 0.2) is 5.78 Å². The van der Waals surface area contributed by atoms with E-state index in [-0.39, 0.29) is 5.78 Å². The summed E-state index contributed by atoms with van der Waals surface area (Å²) in [7, 11) is 0. The zero-order valence-corrected chi connectivity index (χ0v) is 9.94. The first-order chi connectivity index (χ1) is 8.16. The molecule has 2 heteroatoms. The maximum Gasteiger partial charge on any atom is 0.159 e. The highest BCUT2D eigenvalue weighted by molar-refractivity contribution is 5.94. The third-order valence-electron chi connectivity index (χ3n) is 2.55. The molecule has 0 aliphatic rings. The van der Waals surface area contributed by atoms with E-state index in [4.69, 9.17) is 4.74 Å². The smallest absolute Gasteiger partial charge is 0.159 e. The second-order valence-corrected chi connectivity index (χ2v) is 3.95. The zero-order valence-electron chi connectivity index (χ0n) is 9.94. The summed E-state index contributed by atoms with van der Waals surface area (Å²) in [6.07, 6.45) is 0. The summed E-state index contributed by atoms with van der Waals surface area (Å²) in [5.41, 5.74) is 1.67. The topological polar surface area (TPSA) is 26.3 Å². The van der Waals surface area contributed by atoms with Crippen LogP contribution in [-0.4, -0.2) is 5.78 Å². The summed E-state index contributed by atoms with van der Waals surface area (Å²) in [5.74, 6) is 1.65. The van der Waals surface area contributed by atoms with Gasteiger partial charge in [-0.2, -0.15) is 0 Å². The van der Waals surface area contributed by atoms with Crippen molar-refractivity contribution in [3.63, 3.8) is 0 Å². The number of rotatable bonds is 3. The van der Waals surface area contributed by atoms with Gasteiger partial charge in [-0.15, -0.1) is 0 Å². The van der Waals surface area contributed by atoms with Crippen LogP contribution in [0.3, 0.4) is 0 Å². The Morgan fingerprint density at radius 2 is 1.76 bits per heavy atom. The number of carbonyl (C=O) groups is 1. The zero-order chi connectivity index (χ0) is 12.3. The van der Waals surface area contributed by atoms with Crippen LogP contribution in [0, 0.1) is 6.92 Å². The number of ether oxygens (including phenoxy) is 1. The van der Waals surface area contributed by atoms with Crippen molar-refractivity contribution in [2.24, 2.45) is 0 Å². The lowest BCUT2D eigenvalue weighted by molar-refractivity contribution is 0.101. The number of para-hydroxylation sites is 1. The molecule has 0 atom stereocenters. The van der Waals surface area contributed by atoms with Crippen LogP contribution in [0.1, 0.15) is 22.8 Å². The van der Waals surface area contributed by atoms with E-state index < -0.39 is 0 Å². The fourth-order valence-corrected chi connectivity index (χ4v) is 1.60. The standard InChI is InChI=1S/C15H14O2/c1-11-10-13(12(2)16)8-9-15(11)17-14-6-4-3-5-7-14/h3-10H,1-2H3. The van der Waals surface area contributed by atoms with Gasteiger partial charge in [-0.25, -0.2) is 0 Å². The largest absolute Gasteiger partial charge is 0.457 e. The van der Waals surface area contributed by atoms with Gasteiger partial charge in [-0.1, -0.05) is 18.2 Å². The molecule has 2 aromatic carbocycles. The van der Waals surface area contributed by atoms with Crippen molar-refractivity contribution in [3.05, 3.63) is 59.7 Å². The Bertz CT molecular complexity index is 530. The number of carbonyl (C=O) groups excluding carboxylic acids is 1. The van der Waals surface area contributed by atoms with Crippen molar-refractivity contribution in [3.8, 4) is 11.5 Å². The first-order valence-electron chi connectivity index (χ1n) is 5.51. The Hall–Kier alpha value is -2.09. The van der Waals surface area contributed by atoms with Crippen LogP contribution in [0.4, 0.5) is 0 Å². The molecule has 2 rings (SSSR count). The van der Waals surface area contributed by atoms with Crippen molar-refractivity contribution in [2.75, 3.05) is 0 Å². The minimum absolute atomic E-state index is 0.0689. The molecule has 2 nitrogen and oxygen atoms in total. The van der Waals surface area contributed by atoms with E-state index in [1.165, 1.54) is 0 Å². The number of hydrogen-bond acceptors (Lipinski definition) is 2. The van der Waals surface area contributed by atoms with E-state index in [9.17, 15) is 4.79 Å². The van der Waals surface area contributed by atoms with Crippen LogP contribution in [0.5, 0.6) is 11.5 Å². The molecule has 0 heterocycles. The van der Waals surface area contributed by atoms with E-state index >= 15 is 0 Å². The highest BCUT2D eigenvalue weighted by Crippen LogP contribution is 2.25. The first kappa shape index (κ1) is 11.4. The number of benzene rings is 2. The van der Waals surface area contributed by atoms with Crippen LogP contribution in [0.25, 0.3) is 0 Å². The maximum atomic E-state index is 11.2. The molecule has 0 aromatic heterocycles. The molecule has 0 N–H and O–H groups in total. The minimum atomic E-state index is 0.0689. The third kappa shape index (κ3) is 2.72. The molecular weight excluding hydrogens is 212 g/mol. The van der Waals surface area contributed by atoms with Gasteiger partial charge in [0.2, 0.25) is 0 Å². The average Bonchev–Trinajstić information content (AvgIpc) is 2.33. The molecular formula is C15H14O2. The van der Waals surface area contributed by atoms with Crippen LogP contribution in [0.15, 0.2) is 48.5 Å². The molecule has 0 amide bonds. The highest BCUT2D eigenvalue weighted by Gasteiger charge is 2.05. The Labute approximate surface area is 101 Å². The third-order valence-corrected chi connectivity index (χ3v) is 2.55. The van der Waals surface area contributed by atoms with Crippen molar-refractivity contribution in [1.29, 1.82) is 0 Å². The molecule has 0 saturated heterocycles. The summed E-state index contributed by atoms with van der Waals surface area (Å²) >= 11 is 0. The summed E-state index contributed by atoms with van der Waals surface area (Å²) in [6, 6.07) is 15.1. The molecule has 0 bridgehead atoms. The lowest BCUT2D eigenvalue weighted by Gasteiger charge is -2.09. The number of Topliss-reactive ketones (excluding diaryl/α,β-unsaturated/α-hetero) is 1. The monoisotopic (exact) mass is 226 g/mol. The normalized spacial score (nSPS) is 10.0. The van der Waals surface area contributed by atoms with E-state index in [0.29, 0.717) is 5.56 Å². The predicted octanol–water partition coefficient (Wildman–Crippen LogP) is 3.99. The molecule has 0 saturated carbocycles. The second-order valence-electron chi connectivity index (χ2n) is 3.95. The molecule has 0 fully saturated rings. The predicted molar refractivity (Wildman–Crippen MR) is 67.7 cm³/mol. The van der Waals surface area contributed by atoms with Crippen molar-refractivity contribution < 1.29 is 9.53 Å². The summed E-state index contributed by atoms with van der Waals surface area (Å²) in [4.78, 5) is 11.2. The molecule has 0 aliphatic heterocycles. The van der Waals surface area contributed by atoms with Gasteiger partial charge in [0.25, 0.3) is 0 Å². The van der Waals surface area contributed by atoms with E-state index in [1.54, 1.807) is 13.0 Å². The Kier molecular flexibility index (Phi) is 3.24. The molecule has 2 aromatic rings. The number of ketones is 1. The van der Waals surface area contributed by atoms with Crippen molar-refractivity contribution >= 4 is 5.78 Å². The lowest BCUT2D eigenvalue weighted by Crippen LogP contribution is -1.94. The SMILES string of the molecule is CC(=O)c1ccc(Oc2ccccc2)c(C)c1. The van der Waals surface area contributed by atoms with Crippen molar-refractivity contribution in [1.82, 2.24) is 0 Å².